The summed E-state index contributed by atoms with van der Waals surface area (Å²) in [5, 5.41) is 3.53. The average Bonchev–Trinajstić information content (AvgIpc) is 2.87. The normalized spacial score (nSPS) is 22.1. The molecule has 112 valence electrons. The van der Waals surface area contributed by atoms with Crippen LogP contribution in [-0.2, 0) is 0 Å². The molecule has 2 atom stereocenters. The summed E-state index contributed by atoms with van der Waals surface area (Å²) in [7, 11) is 2.08. The van der Waals surface area contributed by atoms with E-state index in [-0.39, 0.29) is 5.41 Å². The summed E-state index contributed by atoms with van der Waals surface area (Å²) in [6.07, 6.45) is 2.70. The summed E-state index contributed by atoms with van der Waals surface area (Å²) in [6.45, 7) is 10.8. The Morgan fingerprint density at radius 2 is 2.00 bits per heavy atom. The summed E-state index contributed by atoms with van der Waals surface area (Å²) in [4.78, 5) is 2.65. The number of hydrogen-bond acceptors (Lipinski definition) is 2. The molecule has 0 radical (unpaired) electrons. The van der Waals surface area contributed by atoms with Crippen molar-refractivity contribution >= 4 is 0 Å². The highest BCUT2D eigenvalue weighted by Gasteiger charge is 2.33. The van der Waals surface area contributed by atoms with Gasteiger partial charge in [-0.1, -0.05) is 57.5 Å². The molecule has 2 heteroatoms. The second-order valence-electron chi connectivity index (χ2n) is 6.92. The fourth-order valence-corrected chi connectivity index (χ4v) is 3.71. The molecule has 0 spiro atoms. The first-order chi connectivity index (χ1) is 9.56. The van der Waals surface area contributed by atoms with Crippen molar-refractivity contribution in [2.75, 3.05) is 26.7 Å². The van der Waals surface area contributed by atoms with Gasteiger partial charge in [0.1, 0.15) is 0 Å². The SMILES string of the molecule is CCC1CCN(CC(C)(C)C(NC)c2ccccc2)C1. The molecule has 2 unspecified atom stereocenters. The van der Waals surface area contributed by atoms with Crippen LogP contribution < -0.4 is 5.32 Å². The molecule has 1 saturated heterocycles. The number of likely N-dealkylation sites (tertiary alicyclic amines) is 1. The van der Waals surface area contributed by atoms with Crippen molar-refractivity contribution in [3.8, 4) is 0 Å². The van der Waals surface area contributed by atoms with Crippen LogP contribution in [0.1, 0.15) is 45.2 Å². The second-order valence-corrected chi connectivity index (χ2v) is 6.92. The van der Waals surface area contributed by atoms with E-state index in [0.717, 1.165) is 5.92 Å². The van der Waals surface area contributed by atoms with Crippen LogP contribution in [0.2, 0.25) is 0 Å². The van der Waals surface area contributed by atoms with Crippen LogP contribution in [0.5, 0.6) is 0 Å². The van der Waals surface area contributed by atoms with E-state index < -0.39 is 0 Å². The van der Waals surface area contributed by atoms with Gasteiger partial charge in [0.2, 0.25) is 0 Å². The smallest absolute Gasteiger partial charge is 0.0381 e. The first-order valence-corrected chi connectivity index (χ1v) is 8.01. The quantitative estimate of drug-likeness (QED) is 0.851. The van der Waals surface area contributed by atoms with Crippen LogP contribution in [0.25, 0.3) is 0 Å². The van der Waals surface area contributed by atoms with Crippen molar-refractivity contribution in [1.82, 2.24) is 10.2 Å². The molecule has 2 rings (SSSR count). The van der Waals surface area contributed by atoms with Gasteiger partial charge in [0, 0.05) is 19.1 Å². The molecule has 0 aliphatic carbocycles. The molecule has 2 nitrogen and oxygen atoms in total. The molecule has 1 heterocycles. The van der Waals surface area contributed by atoms with Crippen molar-refractivity contribution in [3.63, 3.8) is 0 Å². The van der Waals surface area contributed by atoms with Gasteiger partial charge in [-0.15, -0.1) is 0 Å². The van der Waals surface area contributed by atoms with Crippen LogP contribution in [-0.4, -0.2) is 31.6 Å². The van der Waals surface area contributed by atoms with E-state index in [1.807, 2.05) is 0 Å². The third-order valence-electron chi connectivity index (χ3n) is 4.78. The lowest BCUT2D eigenvalue weighted by atomic mass is 9.80. The molecule has 1 fully saturated rings. The monoisotopic (exact) mass is 274 g/mol. The summed E-state index contributed by atoms with van der Waals surface area (Å²) >= 11 is 0. The largest absolute Gasteiger partial charge is 0.313 e. The number of benzene rings is 1. The van der Waals surface area contributed by atoms with Crippen LogP contribution in [0.4, 0.5) is 0 Å². The van der Waals surface area contributed by atoms with Crippen molar-refractivity contribution in [3.05, 3.63) is 35.9 Å². The second kappa shape index (κ2) is 6.73. The predicted octanol–water partition coefficient (Wildman–Crippen LogP) is 3.71. The zero-order chi connectivity index (χ0) is 14.6. The molecule has 0 amide bonds. The van der Waals surface area contributed by atoms with Crippen LogP contribution in [0, 0.1) is 11.3 Å². The summed E-state index contributed by atoms with van der Waals surface area (Å²) in [5.41, 5.74) is 1.63. The minimum Gasteiger partial charge on any atom is -0.313 e. The highest BCUT2D eigenvalue weighted by Crippen LogP contribution is 2.35. The van der Waals surface area contributed by atoms with E-state index in [4.69, 9.17) is 0 Å². The Balaban J connectivity index is 2.04. The third-order valence-corrected chi connectivity index (χ3v) is 4.78. The molecular weight excluding hydrogens is 244 g/mol. The minimum absolute atomic E-state index is 0.235. The molecule has 1 aromatic carbocycles. The lowest BCUT2D eigenvalue weighted by Gasteiger charge is -2.38. The van der Waals surface area contributed by atoms with Crippen molar-refractivity contribution in [1.29, 1.82) is 0 Å². The molecular formula is C18H30N2. The van der Waals surface area contributed by atoms with E-state index in [9.17, 15) is 0 Å². The minimum atomic E-state index is 0.235. The number of rotatable bonds is 6. The number of nitrogens with one attached hydrogen (secondary N) is 1. The fourth-order valence-electron chi connectivity index (χ4n) is 3.71. The molecule has 0 aromatic heterocycles. The predicted molar refractivity (Wildman–Crippen MR) is 86.9 cm³/mol. The fraction of sp³-hybridized carbons (Fsp3) is 0.667. The van der Waals surface area contributed by atoms with Gasteiger partial charge < -0.3 is 10.2 Å². The van der Waals surface area contributed by atoms with Gasteiger partial charge in [0.15, 0.2) is 0 Å². The van der Waals surface area contributed by atoms with Gasteiger partial charge in [0.25, 0.3) is 0 Å². The standard InChI is InChI=1S/C18H30N2/c1-5-15-11-12-20(13-15)14-18(2,3)17(19-4)16-9-7-6-8-10-16/h6-10,15,17,19H,5,11-14H2,1-4H3. The highest BCUT2D eigenvalue weighted by molar-refractivity contribution is 5.21. The summed E-state index contributed by atoms with van der Waals surface area (Å²) in [5.74, 6) is 0.913. The Morgan fingerprint density at radius 1 is 1.30 bits per heavy atom. The first kappa shape index (κ1) is 15.5. The van der Waals surface area contributed by atoms with Crippen LogP contribution in [0.15, 0.2) is 30.3 Å². The van der Waals surface area contributed by atoms with Gasteiger partial charge in [0.05, 0.1) is 0 Å². The molecule has 20 heavy (non-hydrogen) atoms. The van der Waals surface area contributed by atoms with Crippen LogP contribution in [0.3, 0.4) is 0 Å². The number of hydrogen-bond donors (Lipinski definition) is 1. The zero-order valence-corrected chi connectivity index (χ0v) is 13.5. The summed E-state index contributed by atoms with van der Waals surface area (Å²) < 4.78 is 0. The van der Waals surface area contributed by atoms with E-state index in [2.05, 4.69) is 68.4 Å². The molecule has 1 aromatic rings. The lowest BCUT2D eigenvalue weighted by Crippen LogP contribution is -2.41. The Labute approximate surface area is 124 Å². The van der Waals surface area contributed by atoms with Gasteiger partial charge >= 0.3 is 0 Å². The molecule has 1 aliphatic heterocycles. The lowest BCUT2D eigenvalue weighted by molar-refractivity contribution is 0.157. The van der Waals surface area contributed by atoms with Gasteiger partial charge in [-0.05, 0) is 36.9 Å². The maximum Gasteiger partial charge on any atom is 0.0381 e. The van der Waals surface area contributed by atoms with E-state index in [0.29, 0.717) is 6.04 Å². The first-order valence-electron chi connectivity index (χ1n) is 8.01. The Morgan fingerprint density at radius 3 is 2.55 bits per heavy atom. The third kappa shape index (κ3) is 3.62. The zero-order valence-electron chi connectivity index (χ0n) is 13.5. The van der Waals surface area contributed by atoms with Gasteiger partial charge in [-0.2, -0.15) is 0 Å². The van der Waals surface area contributed by atoms with Gasteiger partial charge in [-0.25, -0.2) is 0 Å². The Kier molecular flexibility index (Phi) is 5.22. The van der Waals surface area contributed by atoms with Crippen LogP contribution >= 0.6 is 0 Å². The maximum atomic E-state index is 3.53. The average molecular weight is 274 g/mol. The molecule has 1 aliphatic rings. The molecule has 1 N–H and O–H groups in total. The van der Waals surface area contributed by atoms with Crippen molar-refractivity contribution in [2.45, 2.75) is 39.7 Å². The molecule has 0 saturated carbocycles. The van der Waals surface area contributed by atoms with E-state index >= 15 is 0 Å². The maximum absolute atomic E-state index is 3.53. The highest BCUT2D eigenvalue weighted by atomic mass is 15.2. The summed E-state index contributed by atoms with van der Waals surface area (Å²) in [6, 6.07) is 11.3. The topological polar surface area (TPSA) is 15.3 Å². The van der Waals surface area contributed by atoms with E-state index in [1.54, 1.807) is 0 Å². The Bertz CT molecular complexity index is 399. The van der Waals surface area contributed by atoms with Crippen molar-refractivity contribution < 1.29 is 0 Å². The Hall–Kier alpha value is -0.860. The molecule has 0 bridgehead atoms. The number of nitrogens with zero attached hydrogens (tertiary/aromatic N) is 1. The van der Waals surface area contributed by atoms with Gasteiger partial charge in [-0.3, -0.25) is 0 Å². The van der Waals surface area contributed by atoms with Crippen molar-refractivity contribution in [2.24, 2.45) is 11.3 Å². The van der Waals surface area contributed by atoms with E-state index in [1.165, 1.54) is 38.0 Å².